The quantitative estimate of drug-likeness (QED) is 0.189. The zero-order chi connectivity index (χ0) is 44.7. The molecule has 6 saturated carbocycles. The molecule has 1 aromatic heterocycles. The van der Waals surface area contributed by atoms with Crippen LogP contribution in [-0.2, 0) is 30.1 Å². The second-order valence-electron chi connectivity index (χ2n) is 22.6. The number of ketones is 1. The Bertz CT molecular complexity index is 2090. The van der Waals surface area contributed by atoms with Crippen LogP contribution in [0.4, 0.5) is 13.2 Å². The third-order valence-electron chi connectivity index (χ3n) is 18.9. The van der Waals surface area contributed by atoms with Crippen LogP contribution < -0.4 is 10.6 Å². The second kappa shape index (κ2) is 13.9. The van der Waals surface area contributed by atoms with Crippen LogP contribution >= 0.6 is 0 Å². The van der Waals surface area contributed by atoms with Crippen molar-refractivity contribution in [3.05, 3.63) is 28.6 Å². The number of hydrogen-bond donors (Lipinski definition) is 4. The molecule has 6 fully saturated rings. The molecule has 2 amide bonds. The first kappa shape index (κ1) is 43.9. The van der Waals surface area contributed by atoms with E-state index in [1.54, 1.807) is 0 Å². The summed E-state index contributed by atoms with van der Waals surface area (Å²) in [6, 6.07) is 0.647. The standard InChI is InChI=1S/C47H65F3N4O7/c1-24(2)34-29(55)23-46(52-39(60)45(15-10-16-45)51-36(56)28-22-32(54-53-28)47(48,49)50)20-19-43(8)25(35(34)46)11-12-31-42(7)17-14-33(41(5,6)30(42)13-18-44(31,43)9)61-38(59)27-21-26(37(57)58)40(27,3)4/h22,24-27,30-31,33H,10-21,23H2,1-9H3,(H,51,56)(H,52,60)(H,53,54)(H,57,58)/t25-,26+,27-,30+,31-,33+,42+,43-,44-,46-/m1/s1. The number of ether oxygens (including phenoxy) is 1. The van der Waals surface area contributed by atoms with Gasteiger partial charge >= 0.3 is 18.1 Å². The molecule has 1 aromatic rings. The van der Waals surface area contributed by atoms with Crippen molar-refractivity contribution < 1.29 is 47.0 Å². The SMILES string of the molecule is CC(C)C1=C2[C@H]3CC[C@@H]4[C@@]5(C)CC[C@H](OC(=O)[C@H]6C[C@@H](C(=O)O)C6(C)C)C(C)(C)[C@@H]5CC[C@@]4(C)[C@]3(C)CC[C@@]2(NC(=O)C2(NC(=O)c3cc(C(F)(F)F)[nH]n3)CCC2)CC1=O. The lowest BCUT2D eigenvalue weighted by Crippen LogP contribution is -2.70. The number of hydrogen-bond acceptors (Lipinski definition) is 7. The van der Waals surface area contributed by atoms with Gasteiger partial charge in [-0.05, 0) is 134 Å². The average Bonchev–Trinajstić information content (AvgIpc) is 3.74. The van der Waals surface area contributed by atoms with Gasteiger partial charge in [0.15, 0.2) is 11.5 Å². The van der Waals surface area contributed by atoms with Gasteiger partial charge in [0.1, 0.15) is 17.3 Å². The Labute approximate surface area is 356 Å². The minimum Gasteiger partial charge on any atom is -0.481 e. The molecule has 10 atom stereocenters. The van der Waals surface area contributed by atoms with E-state index in [4.69, 9.17) is 4.74 Å². The Morgan fingerprint density at radius 2 is 1.54 bits per heavy atom. The molecular formula is C47H65F3N4O7. The fourth-order valence-electron chi connectivity index (χ4n) is 15.0. The lowest BCUT2D eigenvalue weighted by molar-refractivity contribution is -0.235. The van der Waals surface area contributed by atoms with Gasteiger partial charge in [0, 0.05) is 17.9 Å². The van der Waals surface area contributed by atoms with E-state index in [0.717, 1.165) is 56.1 Å². The van der Waals surface area contributed by atoms with E-state index in [0.29, 0.717) is 50.0 Å². The molecule has 8 rings (SSSR count). The maximum Gasteiger partial charge on any atom is 0.432 e. The lowest BCUT2D eigenvalue weighted by atomic mass is 9.33. The number of nitrogens with one attached hydrogen (secondary N) is 3. The number of Topliss-reactive ketones (excluding diaryl/α,β-unsaturated/α-hetero) is 1. The Morgan fingerprint density at radius 3 is 2.11 bits per heavy atom. The predicted octanol–water partition coefficient (Wildman–Crippen LogP) is 8.59. The number of allylic oxidation sites excluding steroid dienone is 1. The van der Waals surface area contributed by atoms with Crippen LogP contribution in [0.3, 0.4) is 0 Å². The highest BCUT2D eigenvalue weighted by Crippen LogP contribution is 2.76. The lowest BCUT2D eigenvalue weighted by Gasteiger charge is -2.72. The number of esters is 1. The Morgan fingerprint density at radius 1 is 0.852 bits per heavy atom. The molecule has 1 heterocycles. The van der Waals surface area contributed by atoms with Crippen LogP contribution in [-0.4, -0.2) is 62.0 Å². The van der Waals surface area contributed by atoms with Gasteiger partial charge in [-0.1, -0.05) is 62.3 Å². The molecule has 0 aromatic carbocycles. The maximum atomic E-state index is 14.6. The summed E-state index contributed by atoms with van der Waals surface area (Å²) >= 11 is 0. The van der Waals surface area contributed by atoms with E-state index in [1.807, 2.05) is 32.8 Å². The van der Waals surface area contributed by atoms with Crippen LogP contribution in [0.25, 0.3) is 0 Å². The van der Waals surface area contributed by atoms with Gasteiger partial charge in [0.25, 0.3) is 5.91 Å². The molecule has 0 bridgehead atoms. The number of H-pyrrole nitrogens is 1. The molecule has 11 nitrogen and oxygen atoms in total. The topological polar surface area (TPSA) is 168 Å². The first-order valence-electron chi connectivity index (χ1n) is 22.7. The first-order valence-corrected chi connectivity index (χ1v) is 22.7. The van der Waals surface area contributed by atoms with E-state index in [-0.39, 0.29) is 57.8 Å². The van der Waals surface area contributed by atoms with Crippen LogP contribution in [0.15, 0.2) is 17.2 Å². The molecule has 0 aliphatic heterocycles. The van der Waals surface area contributed by atoms with Crippen LogP contribution in [0, 0.1) is 62.6 Å². The monoisotopic (exact) mass is 854 g/mol. The highest BCUT2D eigenvalue weighted by atomic mass is 19.4. The van der Waals surface area contributed by atoms with Crippen molar-refractivity contribution in [3.63, 3.8) is 0 Å². The van der Waals surface area contributed by atoms with E-state index in [9.17, 15) is 42.3 Å². The number of aromatic nitrogens is 2. The molecule has 4 N–H and O–H groups in total. The highest BCUT2D eigenvalue weighted by molar-refractivity contribution is 6.04. The van der Waals surface area contributed by atoms with E-state index in [1.165, 1.54) is 0 Å². The van der Waals surface area contributed by atoms with Crippen molar-refractivity contribution >= 4 is 29.5 Å². The van der Waals surface area contributed by atoms with Crippen LogP contribution in [0.2, 0.25) is 0 Å². The number of rotatable bonds is 8. The van der Waals surface area contributed by atoms with Gasteiger partial charge in [0.05, 0.1) is 17.4 Å². The molecule has 0 radical (unpaired) electrons. The number of carboxylic acids is 1. The number of alkyl halides is 3. The number of nitrogens with zero attached hydrogens (tertiary/aromatic N) is 1. The summed E-state index contributed by atoms with van der Waals surface area (Å²) in [4.78, 5) is 67.5. The minimum absolute atomic E-state index is 0.0364. The highest BCUT2D eigenvalue weighted by Gasteiger charge is 2.71. The molecule has 7 aliphatic rings. The van der Waals surface area contributed by atoms with Gasteiger partial charge < -0.3 is 20.5 Å². The molecular weight excluding hydrogens is 790 g/mol. The van der Waals surface area contributed by atoms with Crippen molar-refractivity contribution in [2.75, 3.05) is 0 Å². The fraction of sp³-hybridized carbons (Fsp3) is 0.787. The largest absolute Gasteiger partial charge is 0.481 e. The number of aliphatic carboxylic acids is 1. The van der Waals surface area contributed by atoms with Crippen LogP contribution in [0.5, 0.6) is 0 Å². The third-order valence-corrected chi connectivity index (χ3v) is 18.9. The number of amides is 2. The van der Waals surface area contributed by atoms with E-state index in [2.05, 4.69) is 50.4 Å². The number of carboxylic acid groups (broad SMARTS) is 1. The smallest absolute Gasteiger partial charge is 0.432 e. The number of aromatic amines is 1. The zero-order valence-electron chi connectivity index (χ0n) is 37.3. The third kappa shape index (κ3) is 6.22. The number of carbonyl (C=O) groups excluding carboxylic acids is 4. The molecule has 336 valence electrons. The summed E-state index contributed by atoms with van der Waals surface area (Å²) < 4.78 is 46.3. The van der Waals surface area contributed by atoms with Gasteiger partial charge in [-0.15, -0.1) is 0 Å². The molecule has 0 saturated heterocycles. The first-order chi connectivity index (χ1) is 28.2. The fourth-order valence-corrected chi connectivity index (χ4v) is 15.0. The number of halogens is 3. The van der Waals surface area contributed by atoms with Crippen molar-refractivity contribution in [1.82, 2.24) is 20.8 Å². The van der Waals surface area contributed by atoms with Gasteiger partial charge in [-0.25, -0.2) is 0 Å². The summed E-state index contributed by atoms with van der Waals surface area (Å²) in [6.07, 6.45) is 3.52. The molecule has 0 unspecified atom stereocenters. The molecule has 7 aliphatic carbocycles. The average molecular weight is 855 g/mol. The van der Waals surface area contributed by atoms with Crippen molar-refractivity contribution in [3.8, 4) is 0 Å². The summed E-state index contributed by atoms with van der Waals surface area (Å²) in [5.41, 5.74) is -3.29. The van der Waals surface area contributed by atoms with Crippen molar-refractivity contribution in [2.24, 2.45) is 62.6 Å². The van der Waals surface area contributed by atoms with E-state index < -0.39 is 63.7 Å². The van der Waals surface area contributed by atoms with Crippen molar-refractivity contribution in [1.29, 1.82) is 0 Å². The summed E-state index contributed by atoms with van der Waals surface area (Å²) in [7, 11) is 0. The number of carbonyl (C=O) groups is 5. The number of fused-ring (bicyclic) bond motifs is 7. The summed E-state index contributed by atoms with van der Waals surface area (Å²) in [5, 5.41) is 21.3. The van der Waals surface area contributed by atoms with Crippen molar-refractivity contribution in [2.45, 2.75) is 169 Å². The Kier molecular flexibility index (Phi) is 10.0. The van der Waals surface area contributed by atoms with Gasteiger partial charge in [-0.2, -0.15) is 18.3 Å². The van der Waals surface area contributed by atoms with E-state index >= 15 is 0 Å². The minimum atomic E-state index is -4.71. The Hall–Kier alpha value is -3.71. The van der Waals surface area contributed by atoms with Gasteiger partial charge in [0.2, 0.25) is 5.91 Å². The van der Waals surface area contributed by atoms with Crippen LogP contribution in [0.1, 0.15) is 162 Å². The zero-order valence-corrected chi connectivity index (χ0v) is 37.3. The maximum absolute atomic E-state index is 14.6. The summed E-state index contributed by atoms with van der Waals surface area (Å²) in [6.45, 7) is 19.6. The molecule has 0 spiro atoms. The summed E-state index contributed by atoms with van der Waals surface area (Å²) in [5.74, 6) is -2.74. The molecule has 61 heavy (non-hydrogen) atoms. The van der Waals surface area contributed by atoms with Gasteiger partial charge in [-0.3, -0.25) is 29.1 Å². The Balaban J connectivity index is 1.04. The molecule has 14 heteroatoms. The normalized spacial score (nSPS) is 39.4. The predicted molar refractivity (Wildman–Crippen MR) is 218 cm³/mol. The second-order valence-corrected chi connectivity index (χ2v) is 22.6.